The van der Waals surface area contributed by atoms with Crippen molar-refractivity contribution in [2.75, 3.05) is 13.6 Å². The molecule has 7 heteroatoms. The lowest BCUT2D eigenvalue weighted by molar-refractivity contribution is 0.0791. The van der Waals surface area contributed by atoms with Gasteiger partial charge in [-0.1, -0.05) is 12.1 Å². The molecule has 0 aliphatic heterocycles. The topological polar surface area (TPSA) is 83.0 Å². The van der Waals surface area contributed by atoms with Crippen LogP contribution in [0.25, 0.3) is 33.2 Å². The predicted molar refractivity (Wildman–Crippen MR) is 133 cm³/mol. The fourth-order valence-corrected chi connectivity index (χ4v) is 4.24. The van der Waals surface area contributed by atoms with Gasteiger partial charge in [0.1, 0.15) is 11.6 Å². The molecule has 35 heavy (non-hydrogen) atoms. The second-order valence-electron chi connectivity index (χ2n) is 8.80. The van der Waals surface area contributed by atoms with Crippen molar-refractivity contribution in [2.24, 2.45) is 5.73 Å². The third-order valence-corrected chi connectivity index (χ3v) is 5.70. The van der Waals surface area contributed by atoms with Crippen LogP contribution >= 0.6 is 0 Å². The fourth-order valence-electron chi connectivity index (χ4n) is 4.24. The lowest BCUT2D eigenvalue weighted by Gasteiger charge is -2.22. The maximum atomic E-state index is 14.3. The molecule has 0 spiro atoms. The predicted octanol–water partition coefficient (Wildman–Crippen LogP) is 5.45. The van der Waals surface area contributed by atoms with Gasteiger partial charge in [-0.2, -0.15) is 5.26 Å². The maximum absolute atomic E-state index is 14.3. The fraction of sp³-hybridized carbons (Fsp3) is 0.179. The Kier molecular flexibility index (Phi) is 6.59. The molecule has 0 aliphatic rings. The molecular formula is C28H24F2N4O. The number of hydrogen-bond donors (Lipinski definition) is 1. The molecule has 0 bridgehead atoms. The van der Waals surface area contributed by atoms with Gasteiger partial charge in [-0.3, -0.25) is 9.78 Å². The number of amides is 1. The number of hydrogen-bond acceptors (Lipinski definition) is 4. The Morgan fingerprint density at radius 3 is 2.46 bits per heavy atom. The maximum Gasteiger partial charge on any atom is 0.255 e. The molecule has 0 fully saturated rings. The molecule has 0 radical (unpaired) electrons. The van der Waals surface area contributed by atoms with Crippen LogP contribution in [0, 0.1) is 29.9 Å². The van der Waals surface area contributed by atoms with Crippen molar-refractivity contribution in [1.82, 2.24) is 9.88 Å². The lowest BCUT2D eigenvalue weighted by Crippen LogP contribution is -2.37. The average molecular weight is 471 g/mol. The van der Waals surface area contributed by atoms with E-state index >= 15 is 0 Å². The summed E-state index contributed by atoms with van der Waals surface area (Å²) in [6.07, 6.45) is 1.57. The molecule has 1 heterocycles. The Labute approximate surface area is 202 Å². The van der Waals surface area contributed by atoms with Crippen molar-refractivity contribution >= 4 is 16.8 Å². The van der Waals surface area contributed by atoms with Gasteiger partial charge in [0.25, 0.3) is 5.91 Å². The zero-order valence-electron chi connectivity index (χ0n) is 19.6. The number of nitrogens with two attached hydrogens (primary N) is 1. The van der Waals surface area contributed by atoms with Crippen LogP contribution in [-0.2, 0) is 0 Å². The van der Waals surface area contributed by atoms with E-state index in [1.54, 1.807) is 57.4 Å². The highest BCUT2D eigenvalue weighted by Gasteiger charge is 2.22. The van der Waals surface area contributed by atoms with Crippen molar-refractivity contribution in [3.8, 4) is 28.3 Å². The second-order valence-corrected chi connectivity index (χ2v) is 8.80. The second kappa shape index (κ2) is 9.61. The van der Waals surface area contributed by atoms with E-state index in [0.717, 1.165) is 6.07 Å². The van der Waals surface area contributed by atoms with E-state index in [1.165, 1.54) is 23.1 Å². The summed E-state index contributed by atoms with van der Waals surface area (Å²) < 4.78 is 28.4. The van der Waals surface area contributed by atoms with Crippen LogP contribution in [0.15, 0.2) is 60.8 Å². The molecule has 4 aromatic rings. The van der Waals surface area contributed by atoms with Crippen LogP contribution in [0.4, 0.5) is 8.78 Å². The molecule has 2 N–H and O–H groups in total. The number of fused-ring (bicyclic) bond motifs is 1. The molecular weight excluding hydrogens is 446 g/mol. The van der Waals surface area contributed by atoms with E-state index in [-0.39, 0.29) is 17.5 Å². The van der Waals surface area contributed by atoms with Crippen LogP contribution in [-0.4, -0.2) is 35.4 Å². The largest absolute Gasteiger partial charge is 0.340 e. The molecule has 1 atom stereocenters. The third-order valence-electron chi connectivity index (χ3n) is 5.70. The van der Waals surface area contributed by atoms with Crippen LogP contribution < -0.4 is 5.73 Å². The van der Waals surface area contributed by atoms with Gasteiger partial charge in [0.15, 0.2) is 0 Å². The smallest absolute Gasteiger partial charge is 0.255 e. The van der Waals surface area contributed by atoms with Crippen LogP contribution in [0.1, 0.15) is 28.4 Å². The van der Waals surface area contributed by atoms with Crippen molar-refractivity contribution in [3.05, 3.63) is 89.1 Å². The molecule has 1 aromatic heterocycles. The first kappa shape index (κ1) is 24.0. The summed E-state index contributed by atoms with van der Waals surface area (Å²) >= 11 is 0. The molecule has 176 valence electrons. The molecule has 0 saturated heterocycles. The van der Waals surface area contributed by atoms with Crippen LogP contribution in [0.2, 0.25) is 0 Å². The van der Waals surface area contributed by atoms with E-state index in [1.807, 2.05) is 6.07 Å². The Balaban J connectivity index is 2.00. The zero-order valence-corrected chi connectivity index (χ0v) is 19.6. The Hall–Kier alpha value is -4.15. The summed E-state index contributed by atoms with van der Waals surface area (Å²) in [5, 5.41) is 9.78. The first-order valence-corrected chi connectivity index (χ1v) is 11.1. The van der Waals surface area contributed by atoms with Gasteiger partial charge < -0.3 is 10.6 Å². The number of likely N-dealkylation sites (N-methyl/N-ethyl adjacent to an activating group) is 1. The van der Waals surface area contributed by atoms with E-state index in [9.17, 15) is 18.8 Å². The number of nitriles is 1. The zero-order chi connectivity index (χ0) is 25.3. The number of nitrogens with zero attached hydrogens (tertiary/aromatic N) is 3. The Morgan fingerprint density at radius 2 is 1.77 bits per heavy atom. The Morgan fingerprint density at radius 1 is 1.06 bits per heavy atom. The number of pyridine rings is 1. The summed E-state index contributed by atoms with van der Waals surface area (Å²) in [5.74, 6) is -1.24. The summed E-state index contributed by atoms with van der Waals surface area (Å²) in [7, 11) is 1.66. The SMILES string of the molecule is Cc1cc(F)cc(-c2cnc3ccc(-c4cc(F)cc(C#N)c4)cc3c2C(=O)N(C)CC(C)N)c1. The van der Waals surface area contributed by atoms with Crippen molar-refractivity contribution in [3.63, 3.8) is 0 Å². The molecule has 3 aromatic carbocycles. The minimum atomic E-state index is -0.533. The molecule has 1 unspecified atom stereocenters. The number of carbonyl (C=O) groups is 1. The number of benzene rings is 3. The number of aryl methyl sites for hydroxylation is 1. The van der Waals surface area contributed by atoms with Gasteiger partial charge >= 0.3 is 0 Å². The van der Waals surface area contributed by atoms with E-state index in [4.69, 9.17) is 5.73 Å². The van der Waals surface area contributed by atoms with Crippen LogP contribution in [0.5, 0.6) is 0 Å². The van der Waals surface area contributed by atoms with Gasteiger partial charge in [-0.15, -0.1) is 0 Å². The van der Waals surface area contributed by atoms with Crippen LogP contribution in [0.3, 0.4) is 0 Å². The summed E-state index contributed by atoms with van der Waals surface area (Å²) in [4.78, 5) is 19.8. The molecule has 4 rings (SSSR count). The van der Waals surface area contributed by atoms with E-state index < -0.39 is 11.6 Å². The highest BCUT2D eigenvalue weighted by Crippen LogP contribution is 2.34. The van der Waals surface area contributed by atoms with Gasteiger partial charge in [0.05, 0.1) is 22.7 Å². The number of aromatic nitrogens is 1. The van der Waals surface area contributed by atoms with Crippen molar-refractivity contribution in [1.29, 1.82) is 5.26 Å². The molecule has 0 aliphatic carbocycles. The number of carbonyl (C=O) groups excluding carboxylic acids is 1. The summed E-state index contributed by atoms with van der Waals surface area (Å²) in [6, 6.07) is 15.6. The molecule has 5 nitrogen and oxygen atoms in total. The molecule has 1 amide bonds. The lowest BCUT2D eigenvalue weighted by atomic mass is 9.93. The summed E-state index contributed by atoms with van der Waals surface area (Å²) in [5.41, 5.74) is 9.86. The first-order valence-electron chi connectivity index (χ1n) is 11.1. The van der Waals surface area contributed by atoms with E-state index in [2.05, 4.69) is 4.98 Å². The monoisotopic (exact) mass is 470 g/mol. The standard InChI is InChI=1S/C28H24F2N4O/c1-16-6-21(11-22(29)7-16)25-14-33-26-5-4-19(20-8-18(13-31)9-23(30)10-20)12-24(26)27(25)28(35)34(3)15-17(2)32/h4-12,14,17H,15,32H2,1-3H3. The quantitative estimate of drug-likeness (QED) is 0.421. The summed E-state index contributed by atoms with van der Waals surface area (Å²) in [6.45, 7) is 3.90. The van der Waals surface area contributed by atoms with Crippen molar-refractivity contribution < 1.29 is 13.6 Å². The van der Waals surface area contributed by atoms with Gasteiger partial charge in [-0.25, -0.2) is 8.78 Å². The number of halogens is 2. The highest BCUT2D eigenvalue weighted by atomic mass is 19.1. The molecule has 0 saturated carbocycles. The number of rotatable bonds is 5. The highest BCUT2D eigenvalue weighted by molar-refractivity contribution is 6.12. The normalized spacial score (nSPS) is 11.8. The Bertz CT molecular complexity index is 1470. The first-order chi connectivity index (χ1) is 16.7. The minimum Gasteiger partial charge on any atom is -0.340 e. The van der Waals surface area contributed by atoms with Gasteiger partial charge in [0, 0.05) is 36.8 Å². The average Bonchev–Trinajstić information content (AvgIpc) is 2.81. The van der Waals surface area contributed by atoms with E-state index in [0.29, 0.717) is 50.8 Å². The van der Waals surface area contributed by atoms with Gasteiger partial charge in [0.2, 0.25) is 0 Å². The minimum absolute atomic E-state index is 0.190. The third kappa shape index (κ3) is 5.03. The van der Waals surface area contributed by atoms with Gasteiger partial charge in [-0.05, 0) is 78.6 Å². The van der Waals surface area contributed by atoms with Crippen molar-refractivity contribution in [2.45, 2.75) is 19.9 Å².